The summed E-state index contributed by atoms with van der Waals surface area (Å²) in [6.07, 6.45) is 0. The van der Waals surface area contributed by atoms with Gasteiger partial charge in [-0.2, -0.15) is 0 Å². The molecule has 0 saturated carbocycles. The Morgan fingerprint density at radius 1 is 1.33 bits per heavy atom. The molecule has 0 atom stereocenters. The van der Waals surface area contributed by atoms with Crippen molar-refractivity contribution >= 4 is 33.6 Å². The molecule has 1 aromatic carbocycles. The Morgan fingerprint density at radius 3 is 2.75 bits per heavy atom. The molecule has 1 heterocycles. The van der Waals surface area contributed by atoms with Gasteiger partial charge in [-0.3, -0.25) is 0 Å². The normalized spacial score (nSPS) is 10.8. The highest BCUT2D eigenvalue weighted by Gasteiger charge is 2.06. The van der Waals surface area contributed by atoms with Crippen LogP contribution in [0.4, 0.5) is 0 Å². The van der Waals surface area contributed by atoms with Gasteiger partial charge in [0.15, 0.2) is 0 Å². The molecule has 12 heavy (non-hydrogen) atoms. The quantitative estimate of drug-likeness (QED) is 0.570. The fourth-order valence-electron chi connectivity index (χ4n) is 1.35. The van der Waals surface area contributed by atoms with E-state index in [0.717, 1.165) is 15.8 Å². The van der Waals surface area contributed by atoms with Crippen LogP contribution in [0.25, 0.3) is 11.0 Å². The molecule has 0 radical (unpaired) electrons. The molecule has 62 valence electrons. The van der Waals surface area contributed by atoms with Gasteiger partial charge in [0.1, 0.15) is 11.3 Å². The molecule has 0 unspecified atom stereocenters. The van der Waals surface area contributed by atoms with Gasteiger partial charge in [0.05, 0.1) is 4.43 Å². The third-order valence-electron chi connectivity index (χ3n) is 2.06. The average Bonchev–Trinajstić information content (AvgIpc) is 2.44. The Hall–Kier alpha value is -0.510. The van der Waals surface area contributed by atoms with Crippen LogP contribution in [0.15, 0.2) is 28.7 Å². The highest BCUT2D eigenvalue weighted by Crippen LogP contribution is 2.26. The van der Waals surface area contributed by atoms with E-state index in [1.54, 1.807) is 0 Å². The maximum absolute atomic E-state index is 5.64. The predicted molar refractivity (Wildman–Crippen MR) is 58.7 cm³/mol. The summed E-state index contributed by atoms with van der Waals surface area (Å²) in [7, 11) is 0. The summed E-state index contributed by atoms with van der Waals surface area (Å²) in [5.41, 5.74) is 2.28. The standard InChI is InChI=1S/C10H9IO/c1-7-8-4-2-3-5-9(8)12-10(7)6-11/h2-5H,6H2,1H3. The van der Waals surface area contributed by atoms with Crippen LogP contribution < -0.4 is 0 Å². The molecule has 2 rings (SSSR count). The van der Waals surface area contributed by atoms with Crippen LogP contribution in [-0.2, 0) is 4.43 Å². The molecule has 2 heteroatoms. The van der Waals surface area contributed by atoms with Gasteiger partial charge in [-0.25, -0.2) is 0 Å². The van der Waals surface area contributed by atoms with Crippen LogP contribution in [0.3, 0.4) is 0 Å². The predicted octanol–water partition coefficient (Wildman–Crippen LogP) is 3.68. The first kappa shape index (κ1) is 8.10. The molecule has 0 aliphatic heterocycles. The summed E-state index contributed by atoms with van der Waals surface area (Å²) < 4.78 is 6.58. The second kappa shape index (κ2) is 3.09. The monoisotopic (exact) mass is 272 g/mol. The van der Waals surface area contributed by atoms with Crippen LogP contribution in [0, 0.1) is 6.92 Å². The van der Waals surface area contributed by atoms with E-state index in [9.17, 15) is 0 Å². The minimum Gasteiger partial charge on any atom is -0.460 e. The summed E-state index contributed by atoms with van der Waals surface area (Å²) in [6.45, 7) is 2.11. The van der Waals surface area contributed by atoms with E-state index in [2.05, 4.69) is 35.6 Å². The number of rotatable bonds is 1. The SMILES string of the molecule is Cc1c(CI)oc2ccccc12. The van der Waals surface area contributed by atoms with Crippen molar-refractivity contribution < 1.29 is 4.42 Å². The van der Waals surface area contributed by atoms with Crippen LogP contribution in [0.1, 0.15) is 11.3 Å². The lowest BCUT2D eigenvalue weighted by Gasteiger charge is -1.87. The number of fused-ring (bicyclic) bond motifs is 1. The average molecular weight is 272 g/mol. The third-order valence-corrected chi connectivity index (χ3v) is 2.76. The first-order valence-electron chi connectivity index (χ1n) is 3.86. The second-order valence-corrected chi connectivity index (χ2v) is 3.54. The number of benzene rings is 1. The van der Waals surface area contributed by atoms with E-state index in [4.69, 9.17) is 4.42 Å². The Bertz CT molecular complexity index is 403. The van der Waals surface area contributed by atoms with Gasteiger partial charge in [-0.05, 0) is 18.6 Å². The Balaban J connectivity index is 2.78. The molecule has 1 aromatic heterocycles. The minimum absolute atomic E-state index is 0.943. The zero-order valence-corrected chi connectivity index (χ0v) is 8.96. The summed E-state index contributed by atoms with van der Waals surface area (Å²) in [6, 6.07) is 8.16. The van der Waals surface area contributed by atoms with Crippen molar-refractivity contribution in [1.29, 1.82) is 0 Å². The lowest BCUT2D eigenvalue weighted by molar-refractivity contribution is 0.573. The van der Waals surface area contributed by atoms with Crippen molar-refractivity contribution in [3.05, 3.63) is 35.6 Å². The summed E-state index contributed by atoms with van der Waals surface area (Å²) in [5, 5.41) is 1.24. The molecule has 0 aliphatic carbocycles. The lowest BCUT2D eigenvalue weighted by Crippen LogP contribution is -1.73. The number of para-hydroxylation sites is 1. The van der Waals surface area contributed by atoms with Crippen molar-refractivity contribution in [2.24, 2.45) is 0 Å². The Morgan fingerprint density at radius 2 is 2.08 bits per heavy atom. The van der Waals surface area contributed by atoms with Gasteiger partial charge in [-0.15, -0.1) is 0 Å². The topological polar surface area (TPSA) is 13.1 Å². The summed E-state index contributed by atoms with van der Waals surface area (Å²) in [4.78, 5) is 0. The van der Waals surface area contributed by atoms with Crippen molar-refractivity contribution in [2.45, 2.75) is 11.4 Å². The molecule has 0 bridgehead atoms. The van der Waals surface area contributed by atoms with Gasteiger partial charge in [0, 0.05) is 5.39 Å². The molecule has 0 aliphatic rings. The lowest BCUT2D eigenvalue weighted by atomic mass is 10.2. The van der Waals surface area contributed by atoms with E-state index in [-0.39, 0.29) is 0 Å². The summed E-state index contributed by atoms with van der Waals surface area (Å²) >= 11 is 2.32. The zero-order valence-electron chi connectivity index (χ0n) is 6.80. The molecular formula is C10H9IO. The van der Waals surface area contributed by atoms with Gasteiger partial charge >= 0.3 is 0 Å². The van der Waals surface area contributed by atoms with Crippen molar-refractivity contribution in [1.82, 2.24) is 0 Å². The number of hydrogen-bond donors (Lipinski definition) is 0. The van der Waals surface area contributed by atoms with Crippen LogP contribution in [-0.4, -0.2) is 0 Å². The first-order chi connectivity index (χ1) is 5.83. The molecule has 0 spiro atoms. The van der Waals surface area contributed by atoms with Gasteiger partial charge in [0.2, 0.25) is 0 Å². The van der Waals surface area contributed by atoms with E-state index >= 15 is 0 Å². The molecule has 0 fully saturated rings. The Labute approximate surface area is 84.9 Å². The first-order valence-corrected chi connectivity index (χ1v) is 5.38. The van der Waals surface area contributed by atoms with Gasteiger partial charge < -0.3 is 4.42 Å². The number of furan rings is 1. The number of aryl methyl sites for hydroxylation is 1. The maximum Gasteiger partial charge on any atom is 0.134 e. The molecule has 1 nitrogen and oxygen atoms in total. The highest BCUT2D eigenvalue weighted by molar-refractivity contribution is 14.1. The number of halogens is 1. The van der Waals surface area contributed by atoms with Gasteiger partial charge in [0.25, 0.3) is 0 Å². The van der Waals surface area contributed by atoms with E-state index in [1.807, 2.05) is 18.2 Å². The zero-order chi connectivity index (χ0) is 8.55. The van der Waals surface area contributed by atoms with Crippen molar-refractivity contribution in [3.63, 3.8) is 0 Å². The fourth-order valence-corrected chi connectivity index (χ4v) is 2.08. The van der Waals surface area contributed by atoms with Crippen LogP contribution >= 0.6 is 22.6 Å². The van der Waals surface area contributed by atoms with Crippen molar-refractivity contribution in [2.75, 3.05) is 0 Å². The highest BCUT2D eigenvalue weighted by atomic mass is 127. The Kier molecular flexibility index (Phi) is 2.09. The second-order valence-electron chi connectivity index (χ2n) is 2.78. The van der Waals surface area contributed by atoms with E-state index < -0.39 is 0 Å². The number of hydrogen-bond acceptors (Lipinski definition) is 1. The summed E-state index contributed by atoms with van der Waals surface area (Å²) in [5.74, 6) is 1.09. The third kappa shape index (κ3) is 1.14. The molecule has 0 amide bonds. The maximum atomic E-state index is 5.64. The minimum atomic E-state index is 0.943. The molecular weight excluding hydrogens is 263 g/mol. The molecule has 0 saturated heterocycles. The smallest absolute Gasteiger partial charge is 0.134 e. The van der Waals surface area contributed by atoms with Crippen LogP contribution in [0.2, 0.25) is 0 Å². The number of alkyl halides is 1. The van der Waals surface area contributed by atoms with Crippen molar-refractivity contribution in [3.8, 4) is 0 Å². The van der Waals surface area contributed by atoms with Crippen LogP contribution in [0.5, 0.6) is 0 Å². The largest absolute Gasteiger partial charge is 0.460 e. The fraction of sp³-hybridized carbons (Fsp3) is 0.200. The molecule has 2 aromatic rings. The molecule has 0 N–H and O–H groups in total. The van der Waals surface area contributed by atoms with Gasteiger partial charge in [-0.1, -0.05) is 40.8 Å². The van der Waals surface area contributed by atoms with E-state index in [0.29, 0.717) is 0 Å². The van der Waals surface area contributed by atoms with E-state index in [1.165, 1.54) is 10.9 Å².